The topological polar surface area (TPSA) is 123 Å². The van der Waals surface area contributed by atoms with Crippen molar-refractivity contribution < 1.29 is 13.2 Å². The number of morpholine rings is 1. The van der Waals surface area contributed by atoms with Gasteiger partial charge >= 0.3 is 0 Å². The molecule has 30 heavy (non-hydrogen) atoms. The number of hydrogen-bond acceptors (Lipinski definition) is 10. The predicted molar refractivity (Wildman–Crippen MR) is 118 cm³/mol. The Labute approximate surface area is 183 Å². The number of benzene rings is 1. The van der Waals surface area contributed by atoms with Crippen LogP contribution in [0.2, 0.25) is 0 Å². The van der Waals surface area contributed by atoms with Crippen LogP contribution in [0.5, 0.6) is 0 Å². The molecule has 2 aromatic heterocycles. The Balaban J connectivity index is 1.41. The third kappa shape index (κ3) is 5.20. The van der Waals surface area contributed by atoms with Crippen LogP contribution < -0.4 is 10.5 Å². The van der Waals surface area contributed by atoms with Gasteiger partial charge in [0.1, 0.15) is 5.01 Å². The van der Waals surface area contributed by atoms with Crippen molar-refractivity contribution in [3.05, 3.63) is 35.0 Å². The zero-order chi connectivity index (χ0) is 21.1. The van der Waals surface area contributed by atoms with Crippen LogP contribution in [0.15, 0.2) is 29.2 Å². The Morgan fingerprint density at radius 3 is 2.57 bits per heavy atom. The van der Waals surface area contributed by atoms with Gasteiger partial charge in [0.2, 0.25) is 15.2 Å². The van der Waals surface area contributed by atoms with Crippen molar-refractivity contribution in [3.8, 4) is 10.4 Å². The van der Waals surface area contributed by atoms with Gasteiger partial charge in [0, 0.05) is 26.1 Å². The molecule has 1 saturated heterocycles. The first-order valence-electron chi connectivity index (χ1n) is 9.39. The summed E-state index contributed by atoms with van der Waals surface area (Å²) in [7, 11) is -3.70. The highest BCUT2D eigenvalue weighted by atomic mass is 32.2. The maximum atomic E-state index is 11.4. The second kappa shape index (κ2) is 9.04. The number of nitrogens with zero attached hydrogens (tertiary/aromatic N) is 4. The van der Waals surface area contributed by atoms with E-state index in [-0.39, 0.29) is 4.90 Å². The predicted octanol–water partition coefficient (Wildman–Crippen LogP) is 2.24. The quantitative estimate of drug-likeness (QED) is 0.543. The largest absolute Gasteiger partial charge is 0.379 e. The van der Waals surface area contributed by atoms with Crippen molar-refractivity contribution in [3.63, 3.8) is 0 Å². The molecule has 3 aromatic rings. The molecule has 0 spiro atoms. The van der Waals surface area contributed by atoms with Crippen molar-refractivity contribution in [1.29, 1.82) is 0 Å². The Kier molecular flexibility index (Phi) is 6.41. The van der Waals surface area contributed by atoms with Gasteiger partial charge in [-0.25, -0.2) is 18.5 Å². The highest BCUT2D eigenvalue weighted by molar-refractivity contribution is 7.89. The summed E-state index contributed by atoms with van der Waals surface area (Å²) in [6.07, 6.45) is 0.859. The number of thiazole rings is 1. The molecular formula is C18H22N6O3S3. The van der Waals surface area contributed by atoms with Gasteiger partial charge in [0.05, 0.1) is 28.7 Å². The van der Waals surface area contributed by atoms with E-state index >= 15 is 0 Å². The summed E-state index contributed by atoms with van der Waals surface area (Å²) in [4.78, 5) is 7.98. The number of anilines is 2. The number of nitrogens with two attached hydrogens (primary N) is 1. The van der Waals surface area contributed by atoms with E-state index in [0.717, 1.165) is 60.4 Å². The van der Waals surface area contributed by atoms with Crippen LogP contribution in [0.3, 0.4) is 0 Å². The van der Waals surface area contributed by atoms with Crippen molar-refractivity contribution >= 4 is 43.0 Å². The number of aromatic nitrogens is 3. The van der Waals surface area contributed by atoms with E-state index < -0.39 is 10.0 Å². The molecule has 3 N–H and O–H groups in total. The number of rotatable bonds is 7. The summed E-state index contributed by atoms with van der Waals surface area (Å²) in [5.74, 6) is 0. The Morgan fingerprint density at radius 1 is 1.13 bits per heavy atom. The molecule has 9 nitrogen and oxygen atoms in total. The molecule has 0 radical (unpaired) electrons. The number of aryl methyl sites for hydroxylation is 1. The van der Waals surface area contributed by atoms with E-state index in [2.05, 4.69) is 25.4 Å². The highest BCUT2D eigenvalue weighted by Gasteiger charge is 2.15. The lowest BCUT2D eigenvalue weighted by Crippen LogP contribution is -2.37. The molecule has 0 unspecified atom stereocenters. The van der Waals surface area contributed by atoms with E-state index in [1.165, 1.54) is 34.8 Å². The minimum atomic E-state index is -3.70. The van der Waals surface area contributed by atoms with E-state index in [1.54, 1.807) is 12.1 Å². The number of ether oxygens (including phenoxy) is 1. The fraction of sp³-hybridized carbons (Fsp3) is 0.389. The summed E-state index contributed by atoms with van der Waals surface area (Å²) in [6.45, 7) is 6.37. The first kappa shape index (κ1) is 21.3. The van der Waals surface area contributed by atoms with Gasteiger partial charge in [0.25, 0.3) is 0 Å². The molecule has 0 bridgehead atoms. The molecule has 1 aliphatic heterocycles. The maximum absolute atomic E-state index is 11.4. The lowest BCUT2D eigenvalue weighted by atomic mass is 10.2. The van der Waals surface area contributed by atoms with Crippen molar-refractivity contribution in [2.24, 2.45) is 5.14 Å². The minimum Gasteiger partial charge on any atom is -0.379 e. The molecule has 1 fully saturated rings. The number of primary sulfonamides is 1. The van der Waals surface area contributed by atoms with Gasteiger partial charge in [0.15, 0.2) is 5.13 Å². The van der Waals surface area contributed by atoms with Gasteiger partial charge in [-0.1, -0.05) is 34.8 Å². The van der Waals surface area contributed by atoms with Gasteiger partial charge in [-0.3, -0.25) is 4.90 Å². The normalized spacial score (nSPS) is 15.4. The highest BCUT2D eigenvalue weighted by Crippen LogP contribution is 2.35. The molecule has 0 saturated carbocycles. The zero-order valence-corrected chi connectivity index (χ0v) is 18.8. The molecule has 0 atom stereocenters. The smallest absolute Gasteiger partial charge is 0.238 e. The molecule has 3 heterocycles. The fourth-order valence-corrected chi connectivity index (χ4v) is 5.37. The summed E-state index contributed by atoms with van der Waals surface area (Å²) >= 11 is 3.01. The summed E-state index contributed by atoms with van der Waals surface area (Å²) in [5, 5.41) is 19.3. The third-order valence-corrected chi connectivity index (χ3v) is 7.62. The monoisotopic (exact) mass is 466 g/mol. The standard InChI is InChI=1S/C18H22N6O3S3/c1-12-16(13-2-4-14(5-3-13)30(19,25)26)29-17(20-12)21-18-23-22-15(28-18)6-7-24-8-10-27-11-9-24/h2-5H,6-11H2,1H3,(H2,19,25,26)(H,20,21,23). The summed E-state index contributed by atoms with van der Waals surface area (Å²) in [5.41, 5.74) is 1.73. The average Bonchev–Trinajstić information content (AvgIpc) is 3.33. The Bertz CT molecular complexity index is 1100. The molecule has 0 aliphatic carbocycles. The lowest BCUT2D eigenvalue weighted by Gasteiger charge is -2.25. The maximum Gasteiger partial charge on any atom is 0.238 e. The Hall–Kier alpha value is -1.96. The van der Waals surface area contributed by atoms with Gasteiger partial charge < -0.3 is 10.1 Å². The van der Waals surface area contributed by atoms with Gasteiger partial charge in [-0.05, 0) is 24.6 Å². The number of hydrogen-bond donors (Lipinski definition) is 2. The minimum absolute atomic E-state index is 0.0882. The fourth-order valence-electron chi connectivity index (χ4n) is 3.09. The first-order chi connectivity index (χ1) is 14.4. The number of sulfonamides is 1. The average molecular weight is 467 g/mol. The van der Waals surface area contributed by atoms with Crippen LogP contribution in [-0.4, -0.2) is 61.3 Å². The van der Waals surface area contributed by atoms with Crippen LogP contribution in [0, 0.1) is 6.92 Å². The van der Waals surface area contributed by atoms with Crippen LogP contribution in [0.4, 0.5) is 10.3 Å². The van der Waals surface area contributed by atoms with Gasteiger partial charge in [-0.15, -0.1) is 10.2 Å². The van der Waals surface area contributed by atoms with Crippen LogP contribution in [0.25, 0.3) is 10.4 Å². The Morgan fingerprint density at radius 2 is 1.87 bits per heavy atom. The van der Waals surface area contributed by atoms with Crippen molar-refractivity contribution in [1.82, 2.24) is 20.1 Å². The molecular weight excluding hydrogens is 444 g/mol. The first-order valence-corrected chi connectivity index (χ1v) is 12.6. The molecule has 1 aromatic carbocycles. The molecule has 12 heteroatoms. The van der Waals surface area contributed by atoms with E-state index in [4.69, 9.17) is 9.88 Å². The van der Waals surface area contributed by atoms with E-state index in [0.29, 0.717) is 10.3 Å². The molecule has 0 amide bonds. The van der Waals surface area contributed by atoms with Crippen LogP contribution >= 0.6 is 22.7 Å². The molecule has 160 valence electrons. The second-order valence-electron chi connectivity index (χ2n) is 6.83. The summed E-state index contributed by atoms with van der Waals surface area (Å²) < 4.78 is 28.2. The van der Waals surface area contributed by atoms with Crippen molar-refractivity contribution in [2.45, 2.75) is 18.2 Å². The lowest BCUT2D eigenvalue weighted by molar-refractivity contribution is 0.0384. The SMILES string of the molecule is Cc1nc(Nc2nnc(CCN3CCOCC3)s2)sc1-c1ccc(S(N)(=O)=O)cc1. The van der Waals surface area contributed by atoms with Gasteiger partial charge in [-0.2, -0.15) is 0 Å². The molecule has 4 rings (SSSR count). The third-order valence-electron chi connectivity index (χ3n) is 4.67. The molecule has 1 aliphatic rings. The second-order valence-corrected chi connectivity index (χ2v) is 10.5. The van der Waals surface area contributed by atoms with Crippen LogP contribution in [-0.2, 0) is 21.2 Å². The van der Waals surface area contributed by atoms with Crippen LogP contribution in [0.1, 0.15) is 10.7 Å². The van der Waals surface area contributed by atoms with Crippen molar-refractivity contribution in [2.75, 3.05) is 38.2 Å². The zero-order valence-electron chi connectivity index (χ0n) is 16.4. The van der Waals surface area contributed by atoms with E-state index in [9.17, 15) is 8.42 Å². The number of nitrogens with one attached hydrogen (secondary N) is 1. The van der Waals surface area contributed by atoms with E-state index in [1.807, 2.05) is 6.92 Å². The summed E-state index contributed by atoms with van der Waals surface area (Å²) in [6, 6.07) is 6.47.